The summed E-state index contributed by atoms with van der Waals surface area (Å²) < 4.78 is 7.60. The summed E-state index contributed by atoms with van der Waals surface area (Å²) in [6, 6.07) is 1.82. The molecule has 0 amide bonds. The quantitative estimate of drug-likeness (QED) is 0.830. The molecular weight excluding hydrogens is 216 g/mol. The van der Waals surface area contributed by atoms with Crippen molar-refractivity contribution < 1.29 is 4.74 Å². The summed E-state index contributed by atoms with van der Waals surface area (Å²) in [5.74, 6) is 0.586. The van der Waals surface area contributed by atoms with Crippen LogP contribution in [-0.2, 0) is 11.3 Å². The fraction of sp³-hybridized carbons (Fsp3) is 0.750. The van der Waals surface area contributed by atoms with Gasteiger partial charge in [-0.1, -0.05) is 0 Å². The minimum atomic E-state index is 0.413. The van der Waals surface area contributed by atoms with Gasteiger partial charge in [0.25, 0.3) is 0 Å². The van der Waals surface area contributed by atoms with Crippen molar-refractivity contribution in [1.29, 1.82) is 0 Å². The normalized spacial score (nSPS) is 20.9. The van der Waals surface area contributed by atoms with Crippen molar-refractivity contribution in [3.63, 3.8) is 0 Å². The van der Waals surface area contributed by atoms with Crippen molar-refractivity contribution in [3.8, 4) is 0 Å². The third-order valence-electron chi connectivity index (χ3n) is 3.16. The van der Waals surface area contributed by atoms with Crippen LogP contribution < -0.4 is 5.73 Å². The van der Waals surface area contributed by atoms with Crippen molar-refractivity contribution in [3.05, 3.63) is 12.3 Å². The summed E-state index contributed by atoms with van der Waals surface area (Å²) in [6.07, 6.45) is 6.04. The van der Waals surface area contributed by atoms with Gasteiger partial charge in [0.1, 0.15) is 5.82 Å². The van der Waals surface area contributed by atoms with Crippen LogP contribution in [0.25, 0.3) is 0 Å². The first-order valence-electron chi connectivity index (χ1n) is 6.33. The Balaban J connectivity index is 1.68. The minimum Gasteiger partial charge on any atom is -0.382 e. The predicted molar refractivity (Wildman–Crippen MR) is 67.7 cm³/mol. The zero-order valence-corrected chi connectivity index (χ0v) is 10.5. The molecule has 5 heteroatoms. The number of anilines is 1. The Morgan fingerprint density at radius 1 is 1.59 bits per heavy atom. The minimum absolute atomic E-state index is 0.413. The molecule has 1 atom stereocenters. The average Bonchev–Trinajstić information content (AvgIpc) is 2.74. The zero-order valence-electron chi connectivity index (χ0n) is 10.5. The molecule has 1 aliphatic rings. The summed E-state index contributed by atoms with van der Waals surface area (Å²) in [6.45, 7) is 3.78. The van der Waals surface area contributed by atoms with Crippen molar-refractivity contribution in [2.24, 2.45) is 0 Å². The standard InChI is InChI=1S/C12H22N4O/c1-15(10-11-4-2-3-9-17-11)7-8-16-6-5-12(13)14-16/h5-6,11H,2-4,7-10H2,1H3,(H2,13,14). The molecule has 96 valence electrons. The molecule has 5 nitrogen and oxygen atoms in total. The lowest BCUT2D eigenvalue weighted by molar-refractivity contribution is -0.00192. The lowest BCUT2D eigenvalue weighted by atomic mass is 10.1. The van der Waals surface area contributed by atoms with Crippen molar-refractivity contribution in [1.82, 2.24) is 14.7 Å². The van der Waals surface area contributed by atoms with E-state index in [1.807, 2.05) is 16.9 Å². The van der Waals surface area contributed by atoms with Gasteiger partial charge in [0.05, 0.1) is 12.6 Å². The SMILES string of the molecule is CN(CCn1ccc(N)n1)CC1CCCCO1. The molecule has 1 aliphatic heterocycles. The number of aromatic nitrogens is 2. The van der Waals surface area contributed by atoms with E-state index in [0.717, 1.165) is 26.2 Å². The highest BCUT2D eigenvalue weighted by molar-refractivity contribution is 5.23. The second kappa shape index (κ2) is 6.02. The lowest BCUT2D eigenvalue weighted by Gasteiger charge is -2.27. The van der Waals surface area contributed by atoms with Gasteiger partial charge in [-0.15, -0.1) is 0 Å². The van der Waals surface area contributed by atoms with E-state index in [9.17, 15) is 0 Å². The molecule has 1 aromatic heterocycles. The molecule has 2 N–H and O–H groups in total. The molecule has 0 spiro atoms. The molecule has 2 rings (SSSR count). The van der Waals surface area contributed by atoms with Crippen LogP contribution in [0, 0.1) is 0 Å². The van der Waals surface area contributed by atoms with E-state index < -0.39 is 0 Å². The molecule has 1 unspecified atom stereocenters. The number of nitrogen functional groups attached to an aromatic ring is 1. The van der Waals surface area contributed by atoms with Gasteiger partial charge < -0.3 is 15.4 Å². The fourth-order valence-electron chi connectivity index (χ4n) is 2.17. The highest BCUT2D eigenvalue weighted by atomic mass is 16.5. The Hall–Kier alpha value is -1.07. The fourth-order valence-corrected chi connectivity index (χ4v) is 2.17. The number of hydrogen-bond donors (Lipinski definition) is 1. The van der Waals surface area contributed by atoms with Crippen LogP contribution in [0.3, 0.4) is 0 Å². The van der Waals surface area contributed by atoms with E-state index in [4.69, 9.17) is 10.5 Å². The third-order valence-corrected chi connectivity index (χ3v) is 3.16. The maximum atomic E-state index is 5.72. The summed E-state index contributed by atoms with van der Waals surface area (Å²) in [5.41, 5.74) is 5.57. The number of nitrogens with two attached hydrogens (primary N) is 1. The van der Waals surface area contributed by atoms with Gasteiger partial charge in [-0.3, -0.25) is 4.68 Å². The van der Waals surface area contributed by atoms with Gasteiger partial charge >= 0.3 is 0 Å². The summed E-state index contributed by atoms with van der Waals surface area (Å²) in [4.78, 5) is 2.30. The molecule has 1 saturated heterocycles. The smallest absolute Gasteiger partial charge is 0.145 e. The molecular formula is C12H22N4O. The highest BCUT2D eigenvalue weighted by Crippen LogP contribution is 2.13. The van der Waals surface area contributed by atoms with E-state index in [-0.39, 0.29) is 0 Å². The third kappa shape index (κ3) is 4.02. The average molecular weight is 238 g/mol. The first kappa shape index (κ1) is 12.4. The van der Waals surface area contributed by atoms with Gasteiger partial charge in [0.15, 0.2) is 0 Å². The maximum Gasteiger partial charge on any atom is 0.145 e. The second-order valence-electron chi connectivity index (χ2n) is 4.75. The first-order valence-corrected chi connectivity index (χ1v) is 6.33. The Labute approximate surface area is 103 Å². The van der Waals surface area contributed by atoms with Gasteiger partial charge in [-0.25, -0.2) is 0 Å². The number of likely N-dealkylation sites (N-methyl/N-ethyl adjacent to an activating group) is 1. The summed E-state index contributed by atoms with van der Waals surface area (Å²) >= 11 is 0. The van der Waals surface area contributed by atoms with E-state index in [0.29, 0.717) is 11.9 Å². The van der Waals surface area contributed by atoms with Crippen LogP contribution in [0.2, 0.25) is 0 Å². The van der Waals surface area contributed by atoms with Gasteiger partial charge in [0.2, 0.25) is 0 Å². The molecule has 0 saturated carbocycles. The van der Waals surface area contributed by atoms with E-state index in [1.54, 1.807) is 0 Å². The maximum absolute atomic E-state index is 5.72. The molecule has 0 bridgehead atoms. The molecule has 0 radical (unpaired) electrons. The topological polar surface area (TPSA) is 56.3 Å². The predicted octanol–water partition coefficient (Wildman–Crippen LogP) is 0.966. The molecule has 17 heavy (non-hydrogen) atoms. The van der Waals surface area contributed by atoms with Crippen molar-refractivity contribution >= 4 is 5.82 Å². The molecule has 0 aliphatic carbocycles. The van der Waals surface area contributed by atoms with E-state index >= 15 is 0 Å². The Morgan fingerprint density at radius 3 is 3.12 bits per heavy atom. The number of hydrogen-bond acceptors (Lipinski definition) is 4. The van der Waals surface area contributed by atoms with Crippen LogP contribution in [0.4, 0.5) is 5.82 Å². The molecule has 2 heterocycles. The summed E-state index contributed by atoms with van der Waals surface area (Å²) in [7, 11) is 2.13. The van der Waals surface area contributed by atoms with Crippen LogP contribution in [-0.4, -0.2) is 47.5 Å². The Kier molecular flexibility index (Phi) is 4.39. The molecule has 0 aromatic carbocycles. The van der Waals surface area contributed by atoms with Crippen LogP contribution >= 0.6 is 0 Å². The number of nitrogens with zero attached hydrogens (tertiary/aromatic N) is 3. The molecule has 1 aromatic rings. The summed E-state index contributed by atoms with van der Waals surface area (Å²) in [5, 5.41) is 4.17. The van der Waals surface area contributed by atoms with Gasteiger partial charge in [-0.05, 0) is 32.4 Å². The molecule has 1 fully saturated rings. The van der Waals surface area contributed by atoms with Crippen LogP contribution in [0.5, 0.6) is 0 Å². The van der Waals surface area contributed by atoms with Crippen molar-refractivity contribution in [2.75, 3.05) is 32.5 Å². The largest absolute Gasteiger partial charge is 0.382 e. The number of ether oxygens (including phenoxy) is 1. The lowest BCUT2D eigenvalue weighted by Crippen LogP contribution is -2.35. The van der Waals surface area contributed by atoms with E-state index in [1.165, 1.54) is 19.3 Å². The van der Waals surface area contributed by atoms with Crippen LogP contribution in [0.1, 0.15) is 19.3 Å². The zero-order chi connectivity index (χ0) is 12.1. The Bertz CT molecular complexity index is 333. The van der Waals surface area contributed by atoms with Gasteiger partial charge in [-0.2, -0.15) is 5.10 Å². The number of rotatable bonds is 5. The highest BCUT2D eigenvalue weighted by Gasteiger charge is 2.15. The van der Waals surface area contributed by atoms with Crippen molar-refractivity contribution in [2.45, 2.75) is 31.9 Å². The Morgan fingerprint density at radius 2 is 2.47 bits per heavy atom. The van der Waals surface area contributed by atoms with E-state index in [2.05, 4.69) is 17.0 Å². The first-order chi connectivity index (χ1) is 8.24. The monoisotopic (exact) mass is 238 g/mol. The second-order valence-corrected chi connectivity index (χ2v) is 4.75. The van der Waals surface area contributed by atoms with Gasteiger partial charge in [0, 0.05) is 25.9 Å². The van der Waals surface area contributed by atoms with Crippen LogP contribution in [0.15, 0.2) is 12.3 Å².